The summed E-state index contributed by atoms with van der Waals surface area (Å²) in [6.07, 6.45) is 4.68. The lowest BCUT2D eigenvalue weighted by Gasteiger charge is -2.33. The summed E-state index contributed by atoms with van der Waals surface area (Å²) in [5.74, 6) is 0.782. The van der Waals surface area contributed by atoms with Crippen LogP contribution in [0.5, 0.6) is 5.75 Å². The van der Waals surface area contributed by atoms with Crippen molar-refractivity contribution < 1.29 is 14.6 Å². The fraction of sp³-hybridized carbons (Fsp3) is 0.591. The van der Waals surface area contributed by atoms with E-state index < -0.39 is 5.60 Å². The Morgan fingerprint density at radius 3 is 2.76 bits per heavy atom. The first kappa shape index (κ1) is 21.1. The van der Waals surface area contributed by atoms with Gasteiger partial charge in [0, 0.05) is 30.8 Å². The first-order valence-electron chi connectivity index (χ1n) is 10.4. The van der Waals surface area contributed by atoms with Crippen molar-refractivity contribution in [1.29, 1.82) is 0 Å². The molecule has 0 saturated carbocycles. The van der Waals surface area contributed by atoms with Crippen LogP contribution in [0.15, 0.2) is 24.3 Å². The molecule has 1 N–H and O–H groups in total. The van der Waals surface area contributed by atoms with Gasteiger partial charge in [0.2, 0.25) is 0 Å². The topological polar surface area (TPSA) is 54.8 Å². The van der Waals surface area contributed by atoms with Crippen LogP contribution in [-0.2, 0) is 16.9 Å². The third-order valence-electron chi connectivity index (χ3n) is 6.03. The van der Waals surface area contributed by atoms with E-state index in [9.17, 15) is 5.11 Å². The highest BCUT2D eigenvalue weighted by Gasteiger charge is 2.37. The van der Waals surface area contributed by atoms with E-state index in [4.69, 9.17) is 26.1 Å². The second kappa shape index (κ2) is 9.31. The van der Waals surface area contributed by atoms with Crippen LogP contribution in [0, 0.1) is 6.92 Å². The maximum Gasteiger partial charge on any atom is 0.125 e. The minimum Gasteiger partial charge on any atom is -0.488 e. The van der Waals surface area contributed by atoms with Crippen LogP contribution in [0.3, 0.4) is 0 Å². The van der Waals surface area contributed by atoms with Crippen molar-refractivity contribution in [1.82, 2.24) is 9.88 Å². The summed E-state index contributed by atoms with van der Waals surface area (Å²) in [4.78, 5) is 8.35. The van der Waals surface area contributed by atoms with Crippen LogP contribution in [0.25, 0.3) is 0 Å². The Kier molecular flexibility index (Phi) is 6.76. The van der Waals surface area contributed by atoms with Crippen LogP contribution in [0.2, 0.25) is 5.02 Å². The molecule has 1 aromatic carbocycles. The molecule has 7 heteroatoms. The standard InChI is InChI=1S/C22H29ClN2O3S/c1-16-20(15-28-19-5-3-17(23)4-6-19)29-21(24-16)22(26)9-2-11-25(12-10-22)18-7-13-27-14-8-18/h3-6,18,26H,2,7-15H2,1H3/t22-/m0/s1. The lowest BCUT2D eigenvalue weighted by Crippen LogP contribution is -2.40. The molecule has 0 unspecified atom stereocenters. The molecule has 2 aliphatic heterocycles. The Bertz CT molecular complexity index is 807. The van der Waals surface area contributed by atoms with Gasteiger partial charge in [-0.25, -0.2) is 4.98 Å². The molecule has 5 nitrogen and oxygen atoms in total. The fourth-order valence-corrected chi connectivity index (χ4v) is 5.46. The second-order valence-corrected chi connectivity index (χ2v) is 9.55. The highest BCUT2D eigenvalue weighted by Crippen LogP contribution is 2.37. The minimum atomic E-state index is -0.839. The van der Waals surface area contributed by atoms with Gasteiger partial charge in [0.25, 0.3) is 0 Å². The molecule has 4 rings (SSSR count). The van der Waals surface area contributed by atoms with E-state index in [0.29, 0.717) is 17.7 Å². The number of hydrogen-bond donors (Lipinski definition) is 1. The first-order valence-corrected chi connectivity index (χ1v) is 11.6. The summed E-state index contributed by atoms with van der Waals surface area (Å²) in [5, 5.41) is 13.0. The van der Waals surface area contributed by atoms with Crippen molar-refractivity contribution in [3.05, 3.63) is 44.9 Å². The SMILES string of the molecule is Cc1nc([C@]2(O)CCCN(C3CCOCC3)CC2)sc1COc1ccc(Cl)cc1. The maximum atomic E-state index is 11.4. The number of thiazole rings is 1. The molecular formula is C22H29ClN2O3S. The third kappa shape index (κ3) is 5.12. The van der Waals surface area contributed by atoms with Gasteiger partial charge >= 0.3 is 0 Å². The van der Waals surface area contributed by atoms with Gasteiger partial charge in [-0.15, -0.1) is 11.3 Å². The Balaban J connectivity index is 1.40. The summed E-state index contributed by atoms with van der Waals surface area (Å²) in [6.45, 7) is 6.12. The monoisotopic (exact) mass is 436 g/mol. The summed E-state index contributed by atoms with van der Waals surface area (Å²) >= 11 is 7.51. The molecule has 2 fully saturated rings. The van der Waals surface area contributed by atoms with E-state index in [-0.39, 0.29) is 0 Å². The normalized spacial score (nSPS) is 24.4. The van der Waals surface area contributed by atoms with Crippen molar-refractivity contribution in [2.75, 3.05) is 26.3 Å². The van der Waals surface area contributed by atoms with Crippen molar-refractivity contribution >= 4 is 22.9 Å². The second-order valence-electron chi connectivity index (χ2n) is 8.03. The van der Waals surface area contributed by atoms with E-state index in [0.717, 1.165) is 79.7 Å². The van der Waals surface area contributed by atoms with Crippen LogP contribution < -0.4 is 4.74 Å². The first-order chi connectivity index (χ1) is 14.0. The average Bonchev–Trinajstić information content (AvgIpc) is 2.99. The van der Waals surface area contributed by atoms with Gasteiger partial charge in [-0.1, -0.05) is 11.6 Å². The highest BCUT2D eigenvalue weighted by molar-refractivity contribution is 7.11. The molecule has 2 aliphatic rings. The number of halogens is 1. The zero-order valence-electron chi connectivity index (χ0n) is 16.9. The molecule has 3 heterocycles. The van der Waals surface area contributed by atoms with Crippen LogP contribution in [0.4, 0.5) is 0 Å². The quantitative estimate of drug-likeness (QED) is 0.745. The van der Waals surface area contributed by atoms with Gasteiger partial charge in [0.15, 0.2) is 0 Å². The van der Waals surface area contributed by atoms with E-state index in [1.165, 1.54) is 0 Å². The number of rotatable bonds is 5. The Labute approximate surface area is 181 Å². The molecule has 0 aliphatic carbocycles. The number of nitrogens with zero attached hydrogens (tertiary/aromatic N) is 2. The summed E-state index contributed by atoms with van der Waals surface area (Å²) < 4.78 is 11.4. The lowest BCUT2D eigenvalue weighted by molar-refractivity contribution is 0.0112. The van der Waals surface area contributed by atoms with Gasteiger partial charge in [0.1, 0.15) is 23.0 Å². The number of hydrogen-bond acceptors (Lipinski definition) is 6. The molecule has 1 atom stereocenters. The fourth-order valence-electron chi connectivity index (χ4n) is 4.21. The average molecular weight is 437 g/mol. The van der Waals surface area contributed by atoms with Gasteiger partial charge < -0.3 is 19.5 Å². The summed E-state index contributed by atoms with van der Waals surface area (Å²) in [7, 11) is 0. The molecule has 2 saturated heterocycles. The Morgan fingerprint density at radius 2 is 2.00 bits per heavy atom. The van der Waals surface area contributed by atoms with E-state index >= 15 is 0 Å². The van der Waals surface area contributed by atoms with Crippen LogP contribution in [-0.4, -0.2) is 47.3 Å². The number of ether oxygens (including phenoxy) is 2. The zero-order valence-corrected chi connectivity index (χ0v) is 18.5. The largest absolute Gasteiger partial charge is 0.488 e. The predicted octanol–water partition coefficient (Wildman–Crippen LogP) is 4.54. The Morgan fingerprint density at radius 1 is 1.24 bits per heavy atom. The number of aromatic nitrogens is 1. The zero-order chi connectivity index (χ0) is 20.3. The highest BCUT2D eigenvalue weighted by atomic mass is 35.5. The third-order valence-corrected chi connectivity index (χ3v) is 7.61. The van der Waals surface area contributed by atoms with Crippen LogP contribution in [0.1, 0.15) is 47.7 Å². The number of benzene rings is 1. The smallest absolute Gasteiger partial charge is 0.125 e. The molecule has 1 aromatic heterocycles. The van der Waals surface area contributed by atoms with Gasteiger partial charge in [-0.3, -0.25) is 0 Å². The van der Waals surface area contributed by atoms with E-state index in [2.05, 4.69) is 4.90 Å². The molecule has 0 amide bonds. The van der Waals surface area contributed by atoms with Crippen molar-refractivity contribution in [2.24, 2.45) is 0 Å². The molecule has 0 spiro atoms. The molecule has 0 radical (unpaired) electrons. The molecule has 0 bridgehead atoms. The number of likely N-dealkylation sites (tertiary alicyclic amines) is 1. The lowest BCUT2D eigenvalue weighted by atomic mass is 9.96. The van der Waals surface area contributed by atoms with Crippen LogP contribution >= 0.6 is 22.9 Å². The Hall–Kier alpha value is -1.18. The van der Waals surface area contributed by atoms with Crippen molar-refractivity contribution in [3.8, 4) is 5.75 Å². The van der Waals surface area contributed by atoms with E-state index in [1.54, 1.807) is 11.3 Å². The van der Waals surface area contributed by atoms with Gasteiger partial charge in [-0.05, 0) is 69.8 Å². The summed E-state index contributed by atoms with van der Waals surface area (Å²) in [6, 6.07) is 7.96. The number of aliphatic hydroxyl groups is 1. The molecule has 29 heavy (non-hydrogen) atoms. The molecule has 158 valence electrons. The minimum absolute atomic E-state index is 0.454. The van der Waals surface area contributed by atoms with Gasteiger partial charge in [0.05, 0.1) is 10.6 Å². The summed E-state index contributed by atoms with van der Waals surface area (Å²) in [5.41, 5.74) is 0.103. The predicted molar refractivity (Wildman–Crippen MR) is 116 cm³/mol. The molecule has 2 aromatic rings. The van der Waals surface area contributed by atoms with Gasteiger partial charge in [-0.2, -0.15) is 0 Å². The van der Waals surface area contributed by atoms with Crippen molar-refractivity contribution in [3.63, 3.8) is 0 Å². The van der Waals surface area contributed by atoms with E-state index in [1.807, 2.05) is 31.2 Å². The maximum absolute atomic E-state index is 11.4. The molecular weight excluding hydrogens is 408 g/mol. The number of aryl methyl sites for hydroxylation is 1. The van der Waals surface area contributed by atoms with Crippen molar-refractivity contribution in [2.45, 2.75) is 57.3 Å².